The Labute approximate surface area is 152 Å². The minimum absolute atomic E-state index is 0.00749. The van der Waals surface area contributed by atoms with Crippen molar-refractivity contribution in [3.05, 3.63) is 42.6 Å². The smallest absolute Gasteiger partial charge is 0.274 e. The first kappa shape index (κ1) is 16.8. The summed E-state index contributed by atoms with van der Waals surface area (Å²) < 4.78 is 3.83. The van der Waals surface area contributed by atoms with Crippen molar-refractivity contribution in [1.82, 2.24) is 28.7 Å². The van der Waals surface area contributed by atoms with Crippen LogP contribution < -0.4 is 0 Å². The molecule has 1 fully saturated rings. The number of carbonyl (C=O) groups is 1. The van der Waals surface area contributed by atoms with Crippen LogP contribution in [0.15, 0.2) is 36.9 Å². The molecule has 0 radical (unpaired) electrons. The van der Waals surface area contributed by atoms with Gasteiger partial charge in [0.15, 0.2) is 11.5 Å². The summed E-state index contributed by atoms with van der Waals surface area (Å²) in [5, 5.41) is 0. The topological polar surface area (TPSA) is 58.7 Å². The lowest BCUT2D eigenvalue weighted by Gasteiger charge is -2.34. The van der Waals surface area contributed by atoms with Crippen molar-refractivity contribution in [3.63, 3.8) is 0 Å². The number of hydrogen-bond donors (Lipinski definition) is 0. The highest BCUT2D eigenvalue weighted by atomic mass is 16.2. The van der Waals surface area contributed by atoms with Gasteiger partial charge in [-0.25, -0.2) is 9.97 Å². The molecule has 1 amide bonds. The third kappa shape index (κ3) is 2.88. The van der Waals surface area contributed by atoms with Crippen molar-refractivity contribution in [1.29, 1.82) is 0 Å². The lowest BCUT2D eigenvalue weighted by atomic mass is 10.0. The van der Waals surface area contributed by atoms with E-state index in [-0.39, 0.29) is 5.91 Å². The van der Waals surface area contributed by atoms with E-state index >= 15 is 0 Å². The van der Waals surface area contributed by atoms with Crippen molar-refractivity contribution >= 4 is 11.4 Å². The second kappa shape index (κ2) is 6.57. The third-order valence-corrected chi connectivity index (χ3v) is 5.17. The Morgan fingerprint density at radius 3 is 2.65 bits per heavy atom. The van der Waals surface area contributed by atoms with Crippen LogP contribution in [0.25, 0.3) is 17.0 Å². The summed E-state index contributed by atoms with van der Waals surface area (Å²) in [6.45, 7) is 1.54. The third-order valence-electron chi connectivity index (χ3n) is 5.17. The highest BCUT2D eigenvalue weighted by Gasteiger charge is 2.28. The molecule has 1 saturated heterocycles. The molecule has 0 spiro atoms. The monoisotopic (exact) mass is 352 g/mol. The standard InChI is InChI=1S/C19H24N6O/c1-22(2)14-7-10-24(11-8-14)19(26)17-16-6-4-5-9-25(16)18(21-17)15-12-23(3)13-20-15/h4-6,9,12-14H,7-8,10-11H2,1-3H3. The first-order chi connectivity index (χ1) is 12.5. The molecule has 0 aliphatic carbocycles. The number of carbonyl (C=O) groups excluding carboxylic acids is 1. The molecule has 3 aromatic rings. The molecule has 1 aliphatic rings. The molecule has 0 bridgehead atoms. The van der Waals surface area contributed by atoms with Crippen LogP contribution in [0.1, 0.15) is 23.3 Å². The van der Waals surface area contributed by atoms with E-state index < -0.39 is 0 Å². The molecule has 0 saturated carbocycles. The molecule has 0 unspecified atom stereocenters. The van der Waals surface area contributed by atoms with Crippen LogP contribution >= 0.6 is 0 Å². The summed E-state index contributed by atoms with van der Waals surface area (Å²) in [7, 11) is 6.13. The number of aromatic nitrogens is 4. The van der Waals surface area contributed by atoms with Gasteiger partial charge in [-0.05, 0) is 39.1 Å². The lowest BCUT2D eigenvalue weighted by molar-refractivity contribution is 0.0660. The molecule has 7 heteroatoms. The first-order valence-corrected chi connectivity index (χ1v) is 8.95. The van der Waals surface area contributed by atoms with Crippen molar-refractivity contribution in [3.8, 4) is 11.5 Å². The van der Waals surface area contributed by atoms with Gasteiger partial charge < -0.3 is 14.4 Å². The fourth-order valence-electron chi connectivity index (χ4n) is 3.64. The van der Waals surface area contributed by atoms with Gasteiger partial charge in [0.1, 0.15) is 5.69 Å². The number of likely N-dealkylation sites (tertiary alicyclic amines) is 1. The Balaban J connectivity index is 1.68. The molecule has 7 nitrogen and oxygen atoms in total. The summed E-state index contributed by atoms with van der Waals surface area (Å²) in [6.07, 6.45) is 7.59. The van der Waals surface area contributed by atoms with Crippen molar-refractivity contribution in [2.24, 2.45) is 7.05 Å². The largest absolute Gasteiger partial charge is 0.340 e. The predicted molar refractivity (Wildman–Crippen MR) is 100 cm³/mol. The van der Waals surface area contributed by atoms with Crippen LogP contribution in [0, 0.1) is 0 Å². The molecule has 0 aromatic carbocycles. The Hall–Kier alpha value is -2.67. The summed E-state index contributed by atoms with van der Waals surface area (Å²) in [5.74, 6) is 0.709. The normalized spacial score (nSPS) is 15.9. The fourth-order valence-corrected chi connectivity index (χ4v) is 3.64. The second-order valence-corrected chi connectivity index (χ2v) is 7.15. The number of piperidine rings is 1. The van der Waals surface area contributed by atoms with Gasteiger partial charge >= 0.3 is 0 Å². The van der Waals surface area contributed by atoms with Gasteiger partial charge in [0.25, 0.3) is 5.91 Å². The van der Waals surface area contributed by atoms with E-state index in [1.54, 1.807) is 6.33 Å². The number of hydrogen-bond acceptors (Lipinski definition) is 4. The van der Waals surface area contributed by atoms with E-state index in [0.717, 1.165) is 37.1 Å². The van der Waals surface area contributed by atoms with Crippen molar-refractivity contribution < 1.29 is 4.79 Å². The average Bonchev–Trinajstić information content (AvgIpc) is 3.25. The molecule has 4 rings (SSSR count). The van der Waals surface area contributed by atoms with Gasteiger partial charge in [-0.3, -0.25) is 9.20 Å². The molecule has 1 aliphatic heterocycles. The second-order valence-electron chi connectivity index (χ2n) is 7.15. The minimum Gasteiger partial charge on any atom is -0.340 e. The number of pyridine rings is 1. The van der Waals surface area contributed by atoms with Gasteiger partial charge in [-0.2, -0.15) is 0 Å². The van der Waals surface area contributed by atoms with E-state index in [1.165, 1.54) is 0 Å². The van der Waals surface area contributed by atoms with E-state index in [4.69, 9.17) is 0 Å². The zero-order valence-electron chi connectivity index (χ0n) is 15.5. The molecular formula is C19H24N6O. The Kier molecular flexibility index (Phi) is 4.24. The van der Waals surface area contributed by atoms with Crippen LogP contribution in [-0.4, -0.2) is 67.9 Å². The summed E-state index contributed by atoms with van der Waals surface area (Å²) in [6, 6.07) is 6.37. The summed E-state index contributed by atoms with van der Waals surface area (Å²) in [5.41, 5.74) is 2.10. The fraction of sp³-hybridized carbons (Fsp3) is 0.421. The van der Waals surface area contributed by atoms with Crippen LogP contribution in [0.4, 0.5) is 0 Å². The maximum atomic E-state index is 13.2. The maximum Gasteiger partial charge on any atom is 0.274 e. The Morgan fingerprint density at radius 1 is 1.23 bits per heavy atom. The molecule has 26 heavy (non-hydrogen) atoms. The average molecular weight is 352 g/mol. The SMILES string of the molecule is CN(C)C1CCN(C(=O)c2nc(-c3cn(C)cn3)n3ccccc23)CC1. The highest BCUT2D eigenvalue weighted by molar-refractivity contribution is 6.00. The quantitative estimate of drug-likeness (QED) is 0.722. The van der Waals surface area contributed by atoms with Gasteiger partial charge in [0.05, 0.1) is 11.8 Å². The van der Waals surface area contributed by atoms with E-state index in [2.05, 4.69) is 29.0 Å². The molecule has 0 atom stereocenters. The number of fused-ring (bicyclic) bond motifs is 1. The van der Waals surface area contributed by atoms with Crippen molar-refractivity contribution in [2.75, 3.05) is 27.2 Å². The van der Waals surface area contributed by atoms with Crippen LogP contribution in [0.2, 0.25) is 0 Å². The molecule has 0 N–H and O–H groups in total. The predicted octanol–water partition coefficient (Wildman–Crippen LogP) is 1.90. The van der Waals surface area contributed by atoms with Gasteiger partial charge in [0, 0.05) is 38.6 Å². The summed E-state index contributed by atoms with van der Waals surface area (Å²) in [4.78, 5) is 26.4. The van der Waals surface area contributed by atoms with Gasteiger partial charge in [0.2, 0.25) is 0 Å². The van der Waals surface area contributed by atoms with E-state index in [0.29, 0.717) is 17.6 Å². The lowest BCUT2D eigenvalue weighted by Crippen LogP contribution is -2.44. The molecular weight excluding hydrogens is 328 g/mol. The Morgan fingerprint density at radius 2 is 2.00 bits per heavy atom. The van der Waals surface area contributed by atoms with Crippen molar-refractivity contribution in [2.45, 2.75) is 18.9 Å². The zero-order valence-corrected chi connectivity index (χ0v) is 15.5. The van der Waals surface area contributed by atoms with E-state index in [1.807, 2.05) is 51.5 Å². The Bertz CT molecular complexity index is 933. The number of aryl methyl sites for hydroxylation is 1. The number of imidazole rings is 2. The number of nitrogens with zero attached hydrogens (tertiary/aromatic N) is 6. The number of amides is 1. The maximum absolute atomic E-state index is 13.2. The molecule has 3 aromatic heterocycles. The van der Waals surface area contributed by atoms with Crippen LogP contribution in [-0.2, 0) is 7.05 Å². The number of rotatable bonds is 3. The van der Waals surface area contributed by atoms with Crippen LogP contribution in [0.5, 0.6) is 0 Å². The van der Waals surface area contributed by atoms with Crippen LogP contribution in [0.3, 0.4) is 0 Å². The van der Waals surface area contributed by atoms with E-state index in [9.17, 15) is 4.79 Å². The zero-order chi connectivity index (χ0) is 18.3. The minimum atomic E-state index is 0.00749. The van der Waals surface area contributed by atoms with Gasteiger partial charge in [-0.1, -0.05) is 6.07 Å². The van der Waals surface area contributed by atoms with Gasteiger partial charge in [-0.15, -0.1) is 0 Å². The molecule has 4 heterocycles. The first-order valence-electron chi connectivity index (χ1n) is 8.95. The molecule has 136 valence electrons. The summed E-state index contributed by atoms with van der Waals surface area (Å²) >= 11 is 0. The highest BCUT2D eigenvalue weighted by Crippen LogP contribution is 2.24.